The summed E-state index contributed by atoms with van der Waals surface area (Å²) in [6, 6.07) is 2.09. The molecule has 0 aromatic rings. The van der Waals surface area contributed by atoms with E-state index in [1.54, 1.807) is 13.8 Å². The Balaban J connectivity index is 2.50. The van der Waals surface area contributed by atoms with E-state index in [4.69, 9.17) is 4.74 Å². The van der Waals surface area contributed by atoms with E-state index in [2.05, 4.69) is 6.07 Å². The number of nitrogens with zero attached hydrogens (tertiary/aromatic N) is 2. The molecule has 2 rings (SSSR count). The highest BCUT2D eigenvalue weighted by Crippen LogP contribution is 2.53. The van der Waals surface area contributed by atoms with Gasteiger partial charge in [-0.15, -0.1) is 0 Å². The molecular weight excluding hydrogens is 260 g/mol. The van der Waals surface area contributed by atoms with Crippen molar-refractivity contribution in [3.05, 3.63) is 21.9 Å². The average molecular weight is 278 g/mol. The summed E-state index contributed by atoms with van der Waals surface area (Å²) >= 11 is 0. The van der Waals surface area contributed by atoms with Gasteiger partial charge in [0.05, 0.1) is 18.6 Å². The van der Waals surface area contributed by atoms with Gasteiger partial charge in [-0.2, -0.15) is 5.26 Å². The number of hydrogen-bond donors (Lipinski definition) is 0. The van der Waals surface area contributed by atoms with E-state index in [-0.39, 0.29) is 17.1 Å². The van der Waals surface area contributed by atoms with E-state index in [0.717, 1.165) is 0 Å². The molecule has 0 N–H and O–H groups in total. The topological polar surface area (TPSA) is 93.2 Å². The third-order valence-corrected chi connectivity index (χ3v) is 4.68. The maximum Gasteiger partial charge on any atom is 0.224 e. The Kier molecular flexibility index (Phi) is 3.55. The largest absolute Gasteiger partial charge is 0.498 e. The molecule has 0 radical (unpaired) electrons. The van der Waals surface area contributed by atoms with E-state index in [9.17, 15) is 20.2 Å². The lowest BCUT2D eigenvalue weighted by Crippen LogP contribution is -2.57. The Morgan fingerprint density at radius 2 is 2.30 bits per heavy atom. The number of rotatable bonds is 3. The zero-order valence-corrected chi connectivity index (χ0v) is 11.7. The van der Waals surface area contributed by atoms with Crippen molar-refractivity contribution >= 4 is 5.78 Å². The van der Waals surface area contributed by atoms with E-state index in [0.29, 0.717) is 31.6 Å². The molecule has 2 aliphatic carbocycles. The molecular formula is C14H18N2O4. The smallest absolute Gasteiger partial charge is 0.224 e. The van der Waals surface area contributed by atoms with Crippen LogP contribution in [0.1, 0.15) is 39.5 Å². The Morgan fingerprint density at radius 1 is 1.60 bits per heavy atom. The standard InChI is InChI=1S/C14H18N2O4/c1-3-20-10-7-11-13(2,16(18)19)5-4-6-14(11,9-15)12(17)8-10/h8,11H,3-7H2,1-2H3/t11-,13+,14+/m0/s1. The second kappa shape index (κ2) is 4.89. The molecule has 2 aliphatic rings. The van der Waals surface area contributed by atoms with Crippen LogP contribution in [0.2, 0.25) is 0 Å². The van der Waals surface area contributed by atoms with Gasteiger partial charge in [0, 0.05) is 30.8 Å². The van der Waals surface area contributed by atoms with Crippen molar-refractivity contribution in [2.75, 3.05) is 6.61 Å². The molecule has 0 saturated heterocycles. The van der Waals surface area contributed by atoms with Crippen LogP contribution in [-0.2, 0) is 9.53 Å². The number of fused-ring (bicyclic) bond motifs is 1. The summed E-state index contributed by atoms with van der Waals surface area (Å²) in [5.74, 6) is -0.501. The molecule has 6 nitrogen and oxygen atoms in total. The second-order valence-corrected chi connectivity index (χ2v) is 5.72. The van der Waals surface area contributed by atoms with E-state index < -0.39 is 16.9 Å². The highest BCUT2D eigenvalue weighted by Gasteiger charge is 2.63. The first-order valence-corrected chi connectivity index (χ1v) is 6.84. The van der Waals surface area contributed by atoms with Crippen molar-refractivity contribution in [3.8, 4) is 6.07 Å². The maximum absolute atomic E-state index is 12.4. The van der Waals surface area contributed by atoms with Gasteiger partial charge in [-0.25, -0.2) is 0 Å². The quantitative estimate of drug-likeness (QED) is 0.583. The summed E-state index contributed by atoms with van der Waals surface area (Å²) < 4.78 is 5.37. The van der Waals surface area contributed by atoms with Crippen molar-refractivity contribution in [2.24, 2.45) is 11.3 Å². The predicted molar refractivity (Wildman–Crippen MR) is 70.1 cm³/mol. The molecule has 20 heavy (non-hydrogen) atoms. The van der Waals surface area contributed by atoms with E-state index in [1.807, 2.05) is 0 Å². The monoisotopic (exact) mass is 278 g/mol. The lowest BCUT2D eigenvalue weighted by molar-refractivity contribution is -0.583. The lowest BCUT2D eigenvalue weighted by atomic mass is 9.54. The number of hydrogen-bond acceptors (Lipinski definition) is 5. The average Bonchev–Trinajstić information content (AvgIpc) is 2.40. The summed E-state index contributed by atoms with van der Waals surface area (Å²) in [5.41, 5.74) is -2.51. The molecule has 6 heteroatoms. The summed E-state index contributed by atoms with van der Waals surface area (Å²) in [5, 5.41) is 21.0. The Hall–Kier alpha value is -1.90. The van der Waals surface area contributed by atoms with Crippen LogP contribution >= 0.6 is 0 Å². The van der Waals surface area contributed by atoms with Crippen LogP contribution in [0.15, 0.2) is 11.8 Å². The molecule has 1 fully saturated rings. The summed E-state index contributed by atoms with van der Waals surface area (Å²) in [6.07, 6.45) is 2.94. The fraction of sp³-hybridized carbons (Fsp3) is 0.714. The SMILES string of the molecule is CCOC1=CC(=O)[C@@]2(C#N)CCC[C@@](C)([N+](=O)[O-])[C@@H]2C1. The van der Waals surface area contributed by atoms with Crippen LogP contribution in [0.5, 0.6) is 0 Å². The third-order valence-electron chi connectivity index (χ3n) is 4.68. The van der Waals surface area contributed by atoms with Crippen LogP contribution in [0.4, 0.5) is 0 Å². The molecule has 0 aromatic carbocycles. The Labute approximate surface area is 117 Å². The highest BCUT2D eigenvalue weighted by atomic mass is 16.6. The lowest BCUT2D eigenvalue weighted by Gasteiger charge is -2.45. The number of ketones is 1. The van der Waals surface area contributed by atoms with Gasteiger partial charge >= 0.3 is 0 Å². The van der Waals surface area contributed by atoms with E-state index >= 15 is 0 Å². The number of allylic oxidation sites excluding steroid dienone is 2. The number of carbonyl (C=O) groups is 1. The molecule has 0 spiro atoms. The summed E-state index contributed by atoms with van der Waals surface area (Å²) in [4.78, 5) is 23.5. The fourth-order valence-corrected chi connectivity index (χ4v) is 3.52. The maximum atomic E-state index is 12.4. The predicted octanol–water partition coefficient (Wildman–Crippen LogP) is 2.23. The molecule has 108 valence electrons. The first kappa shape index (κ1) is 14.5. The number of nitro groups is 1. The molecule has 0 aromatic heterocycles. The molecule has 0 unspecified atom stereocenters. The van der Waals surface area contributed by atoms with Gasteiger partial charge in [0.15, 0.2) is 5.78 Å². The Bertz CT molecular complexity index is 522. The first-order valence-electron chi connectivity index (χ1n) is 6.84. The van der Waals surface area contributed by atoms with Crippen LogP contribution in [0.3, 0.4) is 0 Å². The normalized spacial score (nSPS) is 36.5. The van der Waals surface area contributed by atoms with Gasteiger partial charge in [-0.1, -0.05) is 0 Å². The summed E-state index contributed by atoms with van der Waals surface area (Å²) in [7, 11) is 0. The minimum atomic E-state index is -1.26. The van der Waals surface area contributed by atoms with Gasteiger partial charge in [-0.3, -0.25) is 14.9 Å². The third kappa shape index (κ3) is 1.89. The van der Waals surface area contributed by atoms with Crippen molar-refractivity contribution in [2.45, 2.75) is 45.1 Å². The molecule has 3 atom stereocenters. The number of carbonyl (C=O) groups excluding carboxylic acids is 1. The minimum Gasteiger partial charge on any atom is -0.498 e. The van der Waals surface area contributed by atoms with Crippen LogP contribution in [0, 0.1) is 32.8 Å². The van der Waals surface area contributed by atoms with Gasteiger partial charge in [-0.05, 0) is 19.8 Å². The molecule has 0 amide bonds. The second-order valence-electron chi connectivity index (χ2n) is 5.72. The number of nitriles is 1. The van der Waals surface area contributed by atoms with Crippen molar-refractivity contribution in [1.29, 1.82) is 5.26 Å². The zero-order valence-electron chi connectivity index (χ0n) is 11.7. The number of ether oxygens (including phenoxy) is 1. The molecule has 0 heterocycles. The zero-order chi connectivity index (χ0) is 15.0. The van der Waals surface area contributed by atoms with Crippen LogP contribution in [0.25, 0.3) is 0 Å². The van der Waals surface area contributed by atoms with Crippen molar-refractivity contribution in [3.63, 3.8) is 0 Å². The van der Waals surface area contributed by atoms with Gasteiger partial charge in [0.2, 0.25) is 5.54 Å². The molecule has 1 saturated carbocycles. The van der Waals surface area contributed by atoms with Crippen molar-refractivity contribution in [1.82, 2.24) is 0 Å². The highest BCUT2D eigenvalue weighted by molar-refractivity contribution is 5.98. The van der Waals surface area contributed by atoms with Crippen LogP contribution in [-0.4, -0.2) is 22.9 Å². The van der Waals surface area contributed by atoms with Crippen LogP contribution < -0.4 is 0 Å². The van der Waals surface area contributed by atoms with E-state index in [1.165, 1.54) is 6.08 Å². The van der Waals surface area contributed by atoms with Gasteiger partial charge < -0.3 is 4.74 Å². The summed E-state index contributed by atoms with van der Waals surface area (Å²) in [6.45, 7) is 3.75. The van der Waals surface area contributed by atoms with Crippen molar-refractivity contribution < 1.29 is 14.5 Å². The molecule has 0 bridgehead atoms. The van der Waals surface area contributed by atoms with Gasteiger partial charge in [0.25, 0.3) is 0 Å². The Morgan fingerprint density at radius 3 is 2.85 bits per heavy atom. The minimum absolute atomic E-state index is 0.282. The fourth-order valence-electron chi connectivity index (χ4n) is 3.52. The van der Waals surface area contributed by atoms with Gasteiger partial charge in [0.1, 0.15) is 11.2 Å². The molecule has 0 aliphatic heterocycles. The first-order chi connectivity index (χ1) is 9.40.